The highest BCUT2D eigenvalue weighted by molar-refractivity contribution is 6.00. The molecule has 0 radical (unpaired) electrons. The first-order valence-electron chi connectivity index (χ1n) is 14.9. The van der Waals surface area contributed by atoms with Gasteiger partial charge < -0.3 is 20.4 Å². The number of aliphatic hydroxyl groups excluding tert-OH is 1. The summed E-state index contributed by atoms with van der Waals surface area (Å²) in [6.07, 6.45) is 0.766. The highest BCUT2D eigenvalue weighted by Gasteiger charge is 2.26. The Morgan fingerprint density at radius 3 is 2.11 bits per heavy atom. The Morgan fingerprint density at radius 2 is 1.50 bits per heavy atom. The molecule has 9 nitrogen and oxygen atoms in total. The lowest BCUT2D eigenvalue weighted by molar-refractivity contribution is 0.0542. The second kappa shape index (κ2) is 16.8. The number of nitrogens with zero attached hydrogens (tertiary/aromatic N) is 2. The molecule has 0 fully saturated rings. The van der Waals surface area contributed by atoms with Crippen molar-refractivity contribution < 1.29 is 24.6 Å². The molecular weight excluding hydrogens is 556 g/mol. The van der Waals surface area contributed by atoms with Crippen LogP contribution in [-0.2, 0) is 6.42 Å². The minimum absolute atomic E-state index is 0.00961. The molecule has 2 atom stereocenters. The first-order valence-corrected chi connectivity index (χ1v) is 14.9. The van der Waals surface area contributed by atoms with Gasteiger partial charge in [-0.1, -0.05) is 50.1 Å². The fourth-order valence-electron chi connectivity index (χ4n) is 4.84. The number of nitrogens with one attached hydrogen (secondary N) is 2. The van der Waals surface area contributed by atoms with E-state index in [1.165, 1.54) is 17.1 Å². The topological polar surface area (TPSA) is 122 Å². The number of hydrazine groups is 1. The molecule has 0 aliphatic heterocycles. The smallest absolute Gasteiger partial charge is 0.265 e. The maximum Gasteiger partial charge on any atom is 0.265 e. The predicted octanol–water partition coefficient (Wildman–Crippen LogP) is 4.00. The lowest BCUT2D eigenvalue weighted by atomic mass is 9.99. The number of hydrogen-bond donors (Lipinski definition) is 4. The van der Waals surface area contributed by atoms with E-state index in [9.17, 15) is 24.6 Å². The molecule has 0 aromatic heterocycles. The average molecular weight is 599 g/mol. The van der Waals surface area contributed by atoms with Crippen molar-refractivity contribution >= 4 is 17.7 Å². The number of hydrogen-bond acceptors (Lipinski definition) is 6. The van der Waals surface area contributed by atoms with E-state index in [0.29, 0.717) is 29.8 Å². The van der Waals surface area contributed by atoms with Gasteiger partial charge in [0.1, 0.15) is 5.75 Å². The van der Waals surface area contributed by atoms with Crippen LogP contribution < -0.4 is 10.7 Å². The Bertz CT molecular complexity index is 1460. The Balaban J connectivity index is 1.86. The van der Waals surface area contributed by atoms with Crippen LogP contribution in [0.1, 0.15) is 75.8 Å². The zero-order valence-corrected chi connectivity index (χ0v) is 25.8. The Kier molecular flexibility index (Phi) is 13.0. The summed E-state index contributed by atoms with van der Waals surface area (Å²) in [7, 11) is 1.63. The number of rotatable bonds is 14. The summed E-state index contributed by atoms with van der Waals surface area (Å²) in [5.41, 5.74) is 5.15. The zero-order valence-electron chi connectivity index (χ0n) is 25.8. The molecule has 3 aromatic rings. The molecule has 3 rings (SSSR count). The van der Waals surface area contributed by atoms with E-state index in [0.717, 1.165) is 18.4 Å². The van der Waals surface area contributed by atoms with Gasteiger partial charge in [0.15, 0.2) is 0 Å². The lowest BCUT2D eigenvalue weighted by Gasteiger charge is -2.28. The van der Waals surface area contributed by atoms with E-state index in [1.54, 1.807) is 73.5 Å². The molecule has 2 unspecified atom stereocenters. The minimum Gasteiger partial charge on any atom is -0.508 e. The number of phenols is 1. The molecule has 0 heterocycles. The Hall–Kier alpha value is -4.65. The maximum atomic E-state index is 13.7. The number of carbonyl (C=O) groups is 3. The van der Waals surface area contributed by atoms with E-state index in [2.05, 4.69) is 22.6 Å². The SMILES string of the molecule is CC#Cc1cc(C(=O)NC(Cc2ccc(O)cc2)C(O)CN(C)NC(=O)c2ccccc2)cc(C(=O)N(CCC)CCC)c1. The van der Waals surface area contributed by atoms with E-state index in [-0.39, 0.29) is 36.1 Å². The third kappa shape index (κ3) is 9.97. The van der Waals surface area contributed by atoms with E-state index in [4.69, 9.17) is 0 Å². The van der Waals surface area contributed by atoms with Crippen molar-refractivity contribution in [3.05, 3.63) is 101 Å². The van der Waals surface area contributed by atoms with Crippen molar-refractivity contribution in [3.8, 4) is 17.6 Å². The van der Waals surface area contributed by atoms with Gasteiger partial charge in [0.25, 0.3) is 17.7 Å². The molecule has 44 heavy (non-hydrogen) atoms. The molecule has 0 bridgehead atoms. The minimum atomic E-state index is -1.10. The van der Waals surface area contributed by atoms with Crippen molar-refractivity contribution in [2.75, 3.05) is 26.7 Å². The molecule has 0 saturated carbocycles. The summed E-state index contributed by atoms with van der Waals surface area (Å²) in [6.45, 7) is 6.93. The number of phenolic OH excluding ortho intramolecular Hbond substituents is 1. The summed E-state index contributed by atoms with van der Waals surface area (Å²) >= 11 is 0. The van der Waals surface area contributed by atoms with Crippen LogP contribution in [0, 0.1) is 11.8 Å². The molecule has 0 aliphatic rings. The van der Waals surface area contributed by atoms with Crippen molar-refractivity contribution in [1.29, 1.82) is 0 Å². The average Bonchev–Trinajstić information content (AvgIpc) is 3.01. The second-order valence-corrected chi connectivity index (χ2v) is 10.7. The number of likely N-dealkylation sites (N-methyl/N-ethyl adjacent to an activating group) is 1. The van der Waals surface area contributed by atoms with Crippen molar-refractivity contribution in [1.82, 2.24) is 20.7 Å². The molecule has 3 aromatic carbocycles. The Labute approximate surface area is 259 Å². The van der Waals surface area contributed by atoms with Crippen LogP contribution >= 0.6 is 0 Å². The van der Waals surface area contributed by atoms with Crippen molar-refractivity contribution in [2.45, 2.75) is 52.2 Å². The van der Waals surface area contributed by atoms with Gasteiger partial charge in [0.2, 0.25) is 0 Å². The van der Waals surface area contributed by atoms with Crippen LogP contribution in [0.3, 0.4) is 0 Å². The highest BCUT2D eigenvalue weighted by atomic mass is 16.3. The van der Waals surface area contributed by atoms with Gasteiger partial charge in [-0.2, -0.15) is 0 Å². The Morgan fingerprint density at radius 1 is 0.864 bits per heavy atom. The summed E-state index contributed by atoms with van der Waals surface area (Å²) in [5.74, 6) is 4.92. The summed E-state index contributed by atoms with van der Waals surface area (Å²) < 4.78 is 0. The first-order chi connectivity index (χ1) is 21.1. The van der Waals surface area contributed by atoms with Gasteiger partial charge in [-0.3, -0.25) is 19.8 Å². The largest absolute Gasteiger partial charge is 0.508 e. The number of benzene rings is 3. The predicted molar refractivity (Wildman–Crippen MR) is 171 cm³/mol. The quantitative estimate of drug-likeness (QED) is 0.164. The number of aliphatic hydroxyl groups is 1. The molecule has 0 aliphatic carbocycles. The normalized spacial score (nSPS) is 12.0. The van der Waals surface area contributed by atoms with E-state index >= 15 is 0 Å². The van der Waals surface area contributed by atoms with Crippen molar-refractivity contribution in [2.24, 2.45) is 0 Å². The molecular formula is C35H42N4O5. The van der Waals surface area contributed by atoms with Crippen LogP contribution in [0.25, 0.3) is 0 Å². The van der Waals surface area contributed by atoms with Gasteiger partial charge >= 0.3 is 0 Å². The molecule has 0 spiro atoms. The zero-order chi connectivity index (χ0) is 32.1. The van der Waals surface area contributed by atoms with Crippen LogP contribution in [0.2, 0.25) is 0 Å². The summed E-state index contributed by atoms with van der Waals surface area (Å²) in [5, 5.41) is 25.4. The fraction of sp³-hybridized carbons (Fsp3) is 0.343. The number of carbonyl (C=O) groups excluding carboxylic acids is 3. The van der Waals surface area contributed by atoms with Gasteiger partial charge in [-0.15, -0.1) is 5.92 Å². The highest BCUT2D eigenvalue weighted by Crippen LogP contribution is 2.17. The second-order valence-electron chi connectivity index (χ2n) is 10.7. The van der Waals surface area contributed by atoms with Crippen molar-refractivity contribution in [3.63, 3.8) is 0 Å². The first kappa shape index (κ1) is 33.8. The standard InChI is InChI=1S/C35H42N4O5/c1-5-11-26-20-28(23-29(21-26)35(44)39(18-6-2)19-7-3)33(42)36-31(22-25-14-16-30(40)17-15-25)32(41)24-38(4)37-34(43)27-12-9-8-10-13-27/h8-10,12-17,20-21,23,31-32,40-41H,6-7,18-19,22,24H2,1-4H3,(H,36,42)(H,37,43). The molecule has 0 saturated heterocycles. The van der Waals surface area contributed by atoms with Crippen LogP contribution in [0.15, 0.2) is 72.8 Å². The molecule has 4 N–H and O–H groups in total. The summed E-state index contributed by atoms with van der Waals surface area (Å²) in [6, 6.07) is 19.3. The summed E-state index contributed by atoms with van der Waals surface area (Å²) in [4.78, 5) is 41.5. The molecule has 232 valence electrons. The maximum absolute atomic E-state index is 13.7. The number of amides is 3. The lowest BCUT2D eigenvalue weighted by Crippen LogP contribution is -2.52. The number of aromatic hydroxyl groups is 1. The molecule has 3 amide bonds. The van der Waals surface area contributed by atoms with E-state index in [1.807, 2.05) is 19.9 Å². The van der Waals surface area contributed by atoms with Crippen LogP contribution in [-0.4, -0.2) is 76.7 Å². The van der Waals surface area contributed by atoms with Gasteiger partial charge in [-0.05, 0) is 74.2 Å². The third-order valence-electron chi connectivity index (χ3n) is 6.95. The fourth-order valence-corrected chi connectivity index (χ4v) is 4.84. The van der Waals surface area contributed by atoms with Gasteiger partial charge in [0.05, 0.1) is 12.1 Å². The third-order valence-corrected chi connectivity index (χ3v) is 6.95. The van der Waals surface area contributed by atoms with Crippen LogP contribution in [0.5, 0.6) is 5.75 Å². The van der Waals surface area contributed by atoms with Gasteiger partial charge in [0, 0.05) is 48.9 Å². The van der Waals surface area contributed by atoms with E-state index < -0.39 is 18.1 Å². The van der Waals surface area contributed by atoms with Crippen LogP contribution in [0.4, 0.5) is 0 Å². The van der Waals surface area contributed by atoms with Gasteiger partial charge in [-0.25, -0.2) is 5.01 Å². The monoisotopic (exact) mass is 598 g/mol. The molecule has 9 heteroatoms.